The van der Waals surface area contributed by atoms with Crippen molar-refractivity contribution < 1.29 is 19.1 Å². The molecule has 2 unspecified atom stereocenters. The van der Waals surface area contributed by atoms with Crippen molar-refractivity contribution in [1.82, 2.24) is 10.6 Å². The number of amides is 2. The van der Waals surface area contributed by atoms with Gasteiger partial charge in [0.15, 0.2) is 0 Å². The smallest absolute Gasteiger partial charge is 0.406 e. The first-order valence-corrected chi connectivity index (χ1v) is 11.3. The topological polar surface area (TPSA) is 153 Å². The number of benzene rings is 3. The molecule has 1 heterocycles. The second kappa shape index (κ2) is 10.6. The Kier molecular flexibility index (Phi) is 7.20. The number of nitrogens with two attached hydrogens (primary N) is 2. The van der Waals surface area contributed by atoms with Crippen LogP contribution < -0.4 is 26.8 Å². The van der Waals surface area contributed by atoms with E-state index in [-0.39, 0.29) is 18.0 Å². The Morgan fingerprint density at radius 1 is 1.06 bits per heavy atom. The molecular formula is C27H27N5O4. The number of carbonyl (C=O) groups excluding carboxylic acids is 2. The third kappa shape index (κ3) is 5.30. The van der Waals surface area contributed by atoms with Crippen molar-refractivity contribution >= 4 is 23.4 Å². The molecule has 3 aromatic rings. The van der Waals surface area contributed by atoms with E-state index in [2.05, 4.69) is 15.4 Å². The summed E-state index contributed by atoms with van der Waals surface area (Å²) in [6.45, 7) is 0.161. The molecule has 36 heavy (non-hydrogen) atoms. The van der Waals surface area contributed by atoms with Crippen molar-refractivity contribution in [2.75, 3.05) is 19.4 Å². The molecule has 0 saturated carbocycles. The second-order valence-corrected chi connectivity index (χ2v) is 8.19. The summed E-state index contributed by atoms with van der Waals surface area (Å²) < 4.78 is 10.8. The van der Waals surface area contributed by atoms with Crippen molar-refractivity contribution in [2.45, 2.75) is 12.1 Å². The molecule has 3 aromatic carbocycles. The van der Waals surface area contributed by atoms with Gasteiger partial charge in [-0.05, 0) is 41.0 Å². The predicted molar refractivity (Wildman–Crippen MR) is 136 cm³/mol. The van der Waals surface area contributed by atoms with Crippen molar-refractivity contribution in [3.63, 3.8) is 0 Å². The zero-order chi connectivity index (χ0) is 25.7. The van der Waals surface area contributed by atoms with Gasteiger partial charge in [-0.15, -0.1) is 0 Å². The molecule has 0 aliphatic carbocycles. The summed E-state index contributed by atoms with van der Waals surface area (Å²) >= 11 is 0. The van der Waals surface area contributed by atoms with Gasteiger partial charge >= 0.3 is 6.09 Å². The third-order valence-corrected chi connectivity index (χ3v) is 5.82. The number of nitrogens with one attached hydrogen (secondary N) is 3. The number of anilines is 1. The third-order valence-electron chi connectivity index (χ3n) is 5.82. The molecule has 0 spiro atoms. The molecule has 0 radical (unpaired) electrons. The highest BCUT2D eigenvalue weighted by atomic mass is 16.5. The van der Waals surface area contributed by atoms with E-state index in [4.69, 9.17) is 21.6 Å². The van der Waals surface area contributed by atoms with Gasteiger partial charge in [-0.2, -0.15) is 0 Å². The number of hydrogen-bond acceptors (Lipinski definition) is 7. The minimum Gasteiger partial charge on any atom is -0.484 e. The zero-order valence-electron chi connectivity index (χ0n) is 19.7. The molecule has 0 bridgehead atoms. The lowest BCUT2D eigenvalue weighted by Crippen LogP contribution is -2.30. The van der Waals surface area contributed by atoms with Crippen LogP contribution in [0.3, 0.4) is 0 Å². The summed E-state index contributed by atoms with van der Waals surface area (Å²) in [5.41, 5.74) is 15.4. The lowest BCUT2D eigenvalue weighted by Gasteiger charge is -2.21. The predicted octanol–water partition coefficient (Wildman–Crippen LogP) is 3.20. The average Bonchev–Trinajstić information content (AvgIpc) is 3.20. The summed E-state index contributed by atoms with van der Waals surface area (Å²) in [4.78, 5) is 24.0. The van der Waals surface area contributed by atoms with Crippen molar-refractivity contribution in [3.05, 3.63) is 107 Å². The van der Waals surface area contributed by atoms with Crippen LogP contribution in [0.2, 0.25) is 0 Å². The van der Waals surface area contributed by atoms with Crippen LogP contribution in [0.1, 0.15) is 28.8 Å². The van der Waals surface area contributed by atoms with Gasteiger partial charge in [0.25, 0.3) is 5.91 Å². The number of rotatable bonds is 8. The summed E-state index contributed by atoms with van der Waals surface area (Å²) in [5, 5.41) is 14.2. The van der Waals surface area contributed by atoms with Crippen LogP contribution >= 0.6 is 0 Å². The molecule has 0 aromatic heterocycles. The van der Waals surface area contributed by atoms with Crippen LogP contribution in [-0.4, -0.2) is 31.4 Å². The van der Waals surface area contributed by atoms with E-state index in [0.29, 0.717) is 22.6 Å². The van der Waals surface area contributed by atoms with Gasteiger partial charge in [0.2, 0.25) is 0 Å². The van der Waals surface area contributed by atoms with E-state index in [1.54, 1.807) is 48.5 Å². The number of carbonyl (C=O) groups is 2. The van der Waals surface area contributed by atoms with Crippen molar-refractivity contribution in [2.24, 2.45) is 5.73 Å². The van der Waals surface area contributed by atoms with E-state index in [1.165, 1.54) is 7.11 Å². The van der Waals surface area contributed by atoms with Gasteiger partial charge < -0.3 is 31.6 Å². The number of alkyl carbamates (subject to hydrolysis) is 1. The molecule has 9 nitrogen and oxygen atoms in total. The maximum Gasteiger partial charge on any atom is 0.406 e. The minimum absolute atomic E-state index is 0.0322. The van der Waals surface area contributed by atoms with E-state index >= 15 is 0 Å². The van der Waals surface area contributed by atoms with Gasteiger partial charge in [-0.25, -0.2) is 4.79 Å². The Labute approximate surface area is 208 Å². The SMILES string of the molecule is COC(=O)NCC(Oc1ccc(C2NC(=O)C(N)=C2C(=N)c2ccccc2)cc1)c1cccc(N)c1. The number of methoxy groups -OCH3 is 1. The Balaban J connectivity index is 1.56. The molecule has 1 aliphatic heterocycles. The number of ether oxygens (including phenoxy) is 2. The molecule has 0 saturated heterocycles. The van der Waals surface area contributed by atoms with Crippen molar-refractivity contribution in [3.8, 4) is 5.75 Å². The number of nitrogen functional groups attached to an aromatic ring is 1. The Hall–Kier alpha value is -4.79. The molecule has 4 rings (SSSR count). The molecule has 1 aliphatic rings. The molecule has 2 atom stereocenters. The summed E-state index contributed by atoms with van der Waals surface area (Å²) in [6.07, 6.45) is -1.10. The lowest BCUT2D eigenvalue weighted by molar-refractivity contribution is -0.117. The first kappa shape index (κ1) is 24.3. The fourth-order valence-corrected chi connectivity index (χ4v) is 3.99. The van der Waals surface area contributed by atoms with Gasteiger partial charge in [0.05, 0.1) is 25.4 Å². The van der Waals surface area contributed by atoms with E-state index in [0.717, 1.165) is 11.1 Å². The van der Waals surface area contributed by atoms with Crippen LogP contribution in [-0.2, 0) is 9.53 Å². The maximum atomic E-state index is 12.4. The quantitative estimate of drug-likeness (QED) is 0.244. The molecule has 2 amide bonds. The van der Waals surface area contributed by atoms with E-state index in [1.807, 2.05) is 30.3 Å². The molecule has 9 heteroatoms. The van der Waals surface area contributed by atoms with Crippen LogP contribution in [0, 0.1) is 5.41 Å². The molecule has 0 fully saturated rings. The Bertz CT molecular complexity index is 1310. The van der Waals surface area contributed by atoms with E-state index < -0.39 is 24.1 Å². The highest BCUT2D eigenvalue weighted by molar-refractivity contribution is 6.17. The Morgan fingerprint density at radius 2 is 1.78 bits per heavy atom. The Morgan fingerprint density at radius 3 is 2.44 bits per heavy atom. The number of hydrogen-bond donors (Lipinski definition) is 5. The molecule has 184 valence electrons. The van der Waals surface area contributed by atoms with Crippen LogP contribution in [0.5, 0.6) is 5.75 Å². The maximum absolute atomic E-state index is 12.4. The first-order chi connectivity index (χ1) is 17.4. The van der Waals surface area contributed by atoms with Crippen LogP contribution in [0.4, 0.5) is 10.5 Å². The largest absolute Gasteiger partial charge is 0.484 e. The average molecular weight is 486 g/mol. The second-order valence-electron chi connectivity index (χ2n) is 8.19. The highest BCUT2D eigenvalue weighted by Gasteiger charge is 2.34. The lowest BCUT2D eigenvalue weighted by atomic mass is 9.92. The summed E-state index contributed by atoms with van der Waals surface area (Å²) in [7, 11) is 1.29. The zero-order valence-corrected chi connectivity index (χ0v) is 19.7. The fraction of sp³-hybridized carbons (Fsp3) is 0.148. The van der Waals surface area contributed by atoms with Gasteiger partial charge in [0, 0.05) is 11.3 Å². The van der Waals surface area contributed by atoms with Gasteiger partial charge in [-0.1, -0.05) is 54.6 Å². The highest BCUT2D eigenvalue weighted by Crippen LogP contribution is 2.32. The minimum atomic E-state index is -0.572. The van der Waals surface area contributed by atoms with Crippen LogP contribution in [0.25, 0.3) is 0 Å². The standard InChI is InChI=1S/C27H27N5O4/c1-35-27(34)31-15-21(18-8-5-9-19(28)14-18)36-20-12-10-17(11-13-20)25-22(24(30)26(33)32-25)23(29)16-6-3-2-4-7-16/h2-14,21,25,29H,15,28,30H2,1H3,(H,31,34)(H,32,33). The summed E-state index contributed by atoms with van der Waals surface area (Å²) in [5.74, 6) is 0.130. The summed E-state index contributed by atoms with van der Waals surface area (Å²) in [6, 6.07) is 22.9. The van der Waals surface area contributed by atoms with Crippen LogP contribution in [0.15, 0.2) is 90.1 Å². The normalized spacial score (nSPS) is 15.7. The molecular weight excluding hydrogens is 458 g/mol. The molecule has 7 N–H and O–H groups in total. The van der Waals surface area contributed by atoms with Gasteiger partial charge in [0.1, 0.15) is 17.6 Å². The van der Waals surface area contributed by atoms with E-state index in [9.17, 15) is 9.59 Å². The van der Waals surface area contributed by atoms with Gasteiger partial charge in [-0.3, -0.25) is 10.2 Å². The monoisotopic (exact) mass is 485 g/mol. The first-order valence-electron chi connectivity index (χ1n) is 11.3. The van der Waals surface area contributed by atoms with Crippen molar-refractivity contribution in [1.29, 1.82) is 5.41 Å². The fourth-order valence-electron chi connectivity index (χ4n) is 3.99.